The van der Waals surface area contributed by atoms with Crippen LogP contribution in [0.15, 0.2) is 0 Å². The molecule has 10 heavy (non-hydrogen) atoms. The summed E-state index contributed by atoms with van der Waals surface area (Å²) in [5, 5.41) is 18.7. The topological polar surface area (TPSA) is 43.7 Å². The summed E-state index contributed by atoms with van der Waals surface area (Å²) in [7, 11) is 3.69. The number of rotatable bonds is 0. The maximum absolute atomic E-state index is 9.48. The molecule has 0 aliphatic carbocycles. The Labute approximate surface area is 61.3 Å². The second-order valence-electron chi connectivity index (χ2n) is 3.21. The van der Waals surface area contributed by atoms with Gasteiger partial charge < -0.3 is 15.1 Å². The van der Waals surface area contributed by atoms with Gasteiger partial charge in [0.05, 0.1) is 11.7 Å². The van der Waals surface area contributed by atoms with E-state index in [1.54, 1.807) is 11.8 Å². The Morgan fingerprint density at radius 2 is 2.30 bits per heavy atom. The number of hydrogen-bond acceptors (Lipinski definition) is 3. The molecule has 0 spiro atoms. The Bertz CT molecular complexity index is 125. The van der Waals surface area contributed by atoms with Gasteiger partial charge in [0, 0.05) is 6.54 Å². The van der Waals surface area contributed by atoms with E-state index in [1.807, 2.05) is 0 Å². The molecule has 0 aromatic rings. The molecular formula is C7H14NO2-. The minimum atomic E-state index is -0.972. The Hall–Kier alpha value is -0.120. The van der Waals surface area contributed by atoms with Crippen molar-refractivity contribution >= 4 is 0 Å². The summed E-state index contributed by atoms with van der Waals surface area (Å²) in [6, 6.07) is 0. The quantitative estimate of drug-likeness (QED) is 0.454. The van der Waals surface area contributed by atoms with E-state index < -0.39 is 11.7 Å². The van der Waals surface area contributed by atoms with Gasteiger partial charge in [0.2, 0.25) is 0 Å². The van der Waals surface area contributed by atoms with Crippen LogP contribution in [-0.4, -0.2) is 39.9 Å². The average Bonchev–Trinajstić information content (AvgIpc) is 1.78. The summed E-state index contributed by atoms with van der Waals surface area (Å²) in [6.07, 6.45) is 0.0155. The standard InChI is InChI=1S/C7H14NO2/c1-7(10)5-8(2)4-3-6(7)9/h6,9-10H,2-5H2,1H3/q-1/t6-,7+/m1/s1. The number of likely N-dealkylation sites (tertiary alicyclic amines) is 1. The van der Waals surface area contributed by atoms with Crippen LogP contribution in [0.2, 0.25) is 0 Å². The van der Waals surface area contributed by atoms with Gasteiger partial charge in [-0.05, 0) is 19.9 Å². The molecule has 1 saturated heterocycles. The maximum Gasteiger partial charge on any atom is 0.0979 e. The monoisotopic (exact) mass is 144 g/mol. The molecule has 1 heterocycles. The first-order valence-corrected chi connectivity index (χ1v) is 3.48. The van der Waals surface area contributed by atoms with Crippen LogP contribution in [0.1, 0.15) is 13.3 Å². The van der Waals surface area contributed by atoms with Crippen molar-refractivity contribution in [3.8, 4) is 0 Å². The highest BCUT2D eigenvalue weighted by Crippen LogP contribution is 2.19. The zero-order valence-corrected chi connectivity index (χ0v) is 6.25. The molecule has 0 radical (unpaired) electrons. The number of β-amino-alcohol motifs (C(OH)–C–C–N with tert-alkyl or cyclic N) is 1. The second-order valence-corrected chi connectivity index (χ2v) is 3.21. The molecule has 0 saturated carbocycles. The van der Waals surface area contributed by atoms with Crippen molar-refractivity contribution in [3.05, 3.63) is 7.05 Å². The molecule has 0 amide bonds. The first kappa shape index (κ1) is 7.98. The number of nitrogens with zero attached hydrogens (tertiary/aromatic N) is 1. The smallest absolute Gasteiger partial charge is 0.0979 e. The zero-order valence-electron chi connectivity index (χ0n) is 6.25. The lowest BCUT2D eigenvalue weighted by atomic mass is 9.92. The van der Waals surface area contributed by atoms with Gasteiger partial charge in [0.15, 0.2) is 0 Å². The minimum Gasteiger partial charge on any atom is -0.457 e. The van der Waals surface area contributed by atoms with Gasteiger partial charge in [-0.1, -0.05) is 0 Å². The van der Waals surface area contributed by atoms with Crippen LogP contribution in [0.4, 0.5) is 0 Å². The third-order valence-corrected chi connectivity index (χ3v) is 1.98. The fraction of sp³-hybridized carbons (Fsp3) is 0.857. The molecule has 3 heteroatoms. The molecule has 2 atom stereocenters. The van der Waals surface area contributed by atoms with Crippen molar-refractivity contribution in [2.45, 2.75) is 25.0 Å². The van der Waals surface area contributed by atoms with Gasteiger partial charge in [-0.2, -0.15) is 0 Å². The van der Waals surface area contributed by atoms with Gasteiger partial charge in [0.25, 0.3) is 0 Å². The Kier molecular flexibility index (Phi) is 1.99. The van der Waals surface area contributed by atoms with Crippen molar-refractivity contribution in [1.29, 1.82) is 0 Å². The largest absolute Gasteiger partial charge is 0.457 e. The minimum absolute atomic E-state index is 0.453. The number of hydrogen-bond donors (Lipinski definition) is 2. The molecule has 1 aliphatic heterocycles. The lowest BCUT2D eigenvalue weighted by Crippen LogP contribution is -2.53. The van der Waals surface area contributed by atoms with E-state index in [0.29, 0.717) is 13.0 Å². The summed E-state index contributed by atoms with van der Waals surface area (Å²) in [5.74, 6) is 0. The summed E-state index contributed by atoms with van der Waals surface area (Å²) in [5.41, 5.74) is -0.972. The van der Waals surface area contributed by atoms with Crippen molar-refractivity contribution < 1.29 is 10.2 Å². The lowest BCUT2D eigenvalue weighted by molar-refractivity contribution is -0.101. The highest BCUT2D eigenvalue weighted by atomic mass is 16.3. The lowest BCUT2D eigenvalue weighted by Gasteiger charge is -2.42. The fourth-order valence-electron chi connectivity index (χ4n) is 1.25. The summed E-state index contributed by atoms with van der Waals surface area (Å²) in [4.78, 5) is 1.77. The zero-order chi connectivity index (χ0) is 7.78. The maximum atomic E-state index is 9.48. The third kappa shape index (κ3) is 1.48. The molecule has 2 N–H and O–H groups in total. The molecule has 0 aromatic carbocycles. The first-order valence-electron chi connectivity index (χ1n) is 3.48. The number of aliphatic hydroxyl groups is 2. The molecule has 60 valence electrons. The Morgan fingerprint density at radius 1 is 1.70 bits per heavy atom. The van der Waals surface area contributed by atoms with Gasteiger partial charge in [-0.15, -0.1) is 0 Å². The summed E-state index contributed by atoms with van der Waals surface area (Å²) in [6.45, 7) is 2.85. The Morgan fingerprint density at radius 3 is 2.70 bits per heavy atom. The van der Waals surface area contributed by atoms with Crippen molar-refractivity contribution in [1.82, 2.24) is 4.90 Å². The number of piperidine rings is 1. The van der Waals surface area contributed by atoms with Crippen LogP contribution in [0, 0.1) is 7.05 Å². The van der Waals surface area contributed by atoms with E-state index in [0.717, 1.165) is 6.54 Å². The van der Waals surface area contributed by atoms with Crippen LogP contribution in [0.3, 0.4) is 0 Å². The fourth-order valence-corrected chi connectivity index (χ4v) is 1.25. The predicted molar refractivity (Wildman–Crippen MR) is 38.2 cm³/mol. The predicted octanol–water partition coefficient (Wildman–Crippen LogP) is -0.404. The molecule has 1 fully saturated rings. The third-order valence-electron chi connectivity index (χ3n) is 1.98. The molecule has 0 bridgehead atoms. The van der Waals surface area contributed by atoms with Gasteiger partial charge in [0.1, 0.15) is 0 Å². The molecule has 0 unspecified atom stereocenters. The number of aliphatic hydroxyl groups excluding tert-OH is 1. The highest BCUT2D eigenvalue weighted by Gasteiger charge is 2.33. The van der Waals surface area contributed by atoms with E-state index in [2.05, 4.69) is 7.05 Å². The first-order chi connectivity index (χ1) is 4.52. The SMILES string of the molecule is [CH2-]N1CC[C@@H](O)[C@@](C)(O)C1. The van der Waals surface area contributed by atoms with Crippen LogP contribution < -0.4 is 0 Å². The van der Waals surface area contributed by atoms with Crippen LogP contribution in [0.5, 0.6) is 0 Å². The summed E-state index contributed by atoms with van der Waals surface area (Å²) < 4.78 is 0. The molecule has 1 aliphatic rings. The highest BCUT2D eigenvalue weighted by molar-refractivity contribution is 4.89. The van der Waals surface area contributed by atoms with Crippen LogP contribution in [0.25, 0.3) is 0 Å². The molecular weight excluding hydrogens is 130 g/mol. The van der Waals surface area contributed by atoms with E-state index in [9.17, 15) is 10.2 Å². The average molecular weight is 144 g/mol. The summed E-state index contributed by atoms with van der Waals surface area (Å²) >= 11 is 0. The van der Waals surface area contributed by atoms with Crippen LogP contribution in [-0.2, 0) is 0 Å². The van der Waals surface area contributed by atoms with E-state index in [1.165, 1.54) is 0 Å². The molecule has 3 nitrogen and oxygen atoms in total. The van der Waals surface area contributed by atoms with E-state index >= 15 is 0 Å². The van der Waals surface area contributed by atoms with Crippen molar-refractivity contribution in [2.75, 3.05) is 13.1 Å². The van der Waals surface area contributed by atoms with Gasteiger partial charge in [-0.25, -0.2) is 0 Å². The molecule has 0 aromatic heterocycles. The van der Waals surface area contributed by atoms with Gasteiger partial charge in [-0.3, -0.25) is 7.05 Å². The molecule has 1 rings (SSSR count). The van der Waals surface area contributed by atoms with Crippen LogP contribution >= 0.6 is 0 Å². The normalized spacial score (nSPS) is 43.8. The Balaban J connectivity index is 2.55. The van der Waals surface area contributed by atoms with Crippen molar-refractivity contribution in [3.63, 3.8) is 0 Å². The van der Waals surface area contributed by atoms with Crippen molar-refractivity contribution in [2.24, 2.45) is 0 Å². The van der Waals surface area contributed by atoms with E-state index in [4.69, 9.17) is 0 Å². The van der Waals surface area contributed by atoms with E-state index in [-0.39, 0.29) is 0 Å². The second kappa shape index (κ2) is 2.49. The van der Waals surface area contributed by atoms with Gasteiger partial charge >= 0.3 is 0 Å².